The van der Waals surface area contributed by atoms with Gasteiger partial charge in [0, 0.05) is 11.8 Å². The minimum Gasteiger partial charge on any atom is -0.363 e. The number of nitrogens with zero attached hydrogens (tertiary/aromatic N) is 3. The van der Waals surface area contributed by atoms with E-state index in [9.17, 15) is 0 Å². The fourth-order valence-electron chi connectivity index (χ4n) is 2.53. The molecular formula is C19H20N4O. The van der Waals surface area contributed by atoms with Crippen LogP contribution in [-0.4, -0.2) is 15.1 Å². The van der Waals surface area contributed by atoms with E-state index in [4.69, 9.17) is 4.52 Å². The Morgan fingerprint density at radius 3 is 2.79 bits per heavy atom. The van der Waals surface area contributed by atoms with Crippen LogP contribution in [0.2, 0.25) is 0 Å². The Hall–Kier alpha value is -2.95. The van der Waals surface area contributed by atoms with Crippen LogP contribution in [0.3, 0.4) is 0 Å². The van der Waals surface area contributed by atoms with Crippen molar-refractivity contribution in [1.29, 1.82) is 0 Å². The maximum absolute atomic E-state index is 5.23. The van der Waals surface area contributed by atoms with Gasteiger partial charge in [-0.15, -0.1) is 6.58 Å². The molecule has 1 unspecified atom stereocenters. The van der Waals surface area contributed by atoms with Crippen LogP contribution in [0.5, 0.6) is 0 Å². The normalized spacial score (nSPS) is 11.9. The van der Waals surface area contributed by atoms with Crippen LogP contribution in [0.1, 0.15) is 30.3 Å². The number of hydrogen-bond donors (Lipinski definition) is 1. The molecule has 0 saturated carbocycles. The first kappa shape index (κ1) is 15.9. The first-order valence-electron chi connectivity index (χ1n) is 7.95. The van der Waals surface area contributed by atoms with Crippen LogP contribution < -0.4 is 5.32 Å². The van der Waals surface area contributed by atoms with Crippen molar-refractivity contribution in [3.05, 3.63) is 72.7 Å². The van der Waals surface area contributed by atoms with Gasteiger partial charge in [-0.2, -0.15) is 4.98 Å². The second-order valence-corrected chi connectivity index (χ2v) is 5.55. The molecule has 5 nitrogen and oxygen atoms in total. The molecule has 3 aromatic rings. The maximum Gasteiger partial charge on any atom is 0.258 e. The van der Waals surface area contributed by atoms with Crippen LogP contribution >= 0.6 is 0 Å². The standard InChI is InChI=1S/C19H20N4O/c1-3-4-10-17(15-8-6-5-7-9-15)22-18-13-16(11-12-20-18)19-21-14(2)23-24-19/h3,5-9,11-13,17H,1,4,10H2,2H3,(H,20,22). The van der Waals surface area contributed by atoms with E-state index in [0.29, 0.717) is 11.7 Å². The fourth-order valence-corrected chi connectivity index (χ4v) is 2.53. The van der Waals surface area contributed by atoms with Gasteiger partial charge in [-0.25, -0.2) is 4.98 Å². The summed E-state index contributed by atoms with van der Waals surface area (Å²) in [5, 5.41) is 7.33. The van der Waals surface area contributed by atoms with Gasteiger partial charge in [-0.3, -0.25) is 0 Å². The van der Waals surface area contributed by atoms with Crippen molar-refractivity contribution < 1.29 is 4.52 Å². The molecule has 0 saturated heterocycles. The van der Waals surface area contributed by atoms with E-state index in [2.05, 4.69) is 39.2 Å². The molecule has 1 N–H and O–H groups in total. The third-order valence-corrected chi connectivity index (χ3v) is 3.72. The Balaban J connectivity index is 1.83. The smallest absolute Gasteiger partial charge is 0.258 e. The van der Waals surface area contributed by atoms with Gasteiger partial charge in [0.05, 0.1) is 6.04 Å². The predicted octanol–water partition coefficient (Wildman–Crippen LogP) is 4.56. The quantitative estimate of drug-likeness (QED) is 0.647. The minimum atomic E-state index is 0.163. The summed E-state index contributed by atoms with van der Waals surface area (Å²) in [5.74, 6) is 1.89. The lowest BCUT2D eigenvalue weighted by Gasteiger charge is -2.19. The van der Waals surface area contributed by atoms with Crippen LogP contribution in [0.4, 0.5) is 5.82 Å². The summed E-state index contributed by atoms with van der Waals surface area (Å²) >= 11 is 0. The Morgan fingerprint density at radius 1 is 1.25 bits per heavy atom. The number of aryl methyl sites for hydroxylation is 1. The molecule has 5 heteroatoms. The molecule has 0 amide bonds. The number of benzene rings is 1. The van der Waals surface area contributed by atoms with Crippen LogP contribution in [0.15, 0.2) is 65.8 Å². The summed E-state index contributed by atoms with van der Waals surface area (Å²) < 4.78 is 5.23. The number of allylic oxidation sites excluding steroid dienone is 1. The van der Waals surface area contributed by atoms with Crippen LogP contribution in [-0.2, 0) is 0 Å². The van der Waals surface area contributed by atoms with Crippen LogP contribution in [0.25, 0.3) is 11.5 Å². The van der Waals surface area contributed by atoms with E-state index in [1.165, 1.54) is 5.56 Å². The average molecular weight is 320 g/mol. The van der Waals surface area contributed by atoms with Crippen molar-refractivity contribution in [2.75, 3.05) is 5.32 Å². The first-order valence-corrected chi connectivity index (χ1v) is 7.95. The van der Waals surface area contributed by atoms with Crippen molar-refractivity contribution in [3.8, 4) is 11.5 Å². The van der Waals surface area contributed by atoms with E-state index in [0.717, 1.165) is 24.2 Å². The Morgan fingerprint density at radius 2 is 2.08 bits per heavy atom. The molecule has 1 aromatic carbocycles. The van der Waals surface area contributed by atoms with Gasteiger partial charge in [0.15, 0.2) is 5.82 Å². The summed E-state index contributed by atoms with van der Waals surface area (Å²) in [7, 11) is 0. The number of nitrogens with one attached hydrogen (secondary N) is 1. The number of rotatable bonds is 7. The lowest BCUT2D eigenvalue weighted by atomic mass is 10.0. The third-order valence-electron chi connectivity index (χ3n) is 3.72. The summed E-state index contributed by atoms with van der Waals surface area (Å²) in [6.07, 6.45) is 5.55. The second-order valence-electron chi connectivity index (χ2n) is 5.55. The van der Waals surface area contributed by atoms with Gasteiger partial charge >= 0.3 is 0 Å². The van der Waals surface area contributed by atoms with Gasteiger partial charge < -0.3 is 9.84 Å². The molecule has 0 spiro atoms. The Labute approximate surface area is 141 Å². The molecule has 3 rings (SSSR count). The summed E-state index contributed by atoms with van der Waals surface area (Å²) in [6, 6.07) is 14.3. The number of anilines is 1. The van der Waals surface area contributed by atoms with Gasteiger partial charge in [-0.05, 0) is 37.5 Å². The SMILES string of the molecule is C=CCCC(Nc1cc(-c2nc(C)no2)ccn1)c1ccccc1. The largest absolute Gasteiger partial charge is 0.363 e. The summed E-state index contributed by atoms with van der Waals surface area (Å²) in [5.41, 5.74) is 2.07. The fraction of sp³-hybridized carbons (Fsp3) is 0.211. The minimum absolute atomic E-state index is 0.163. The number of hydrogen-bond acceptors (Lipinski definition) is 5. The lowest BCUT2D eigenvalue weighted by molar-refractivity contribution is 0.425. The number of pyridine rings is 1. The van der Waals surface area contributed by atoms with E-state index in [1.54, 1.807) is 13.1 Å². The van der Waals surface area contributed by atoms with Gasteiger partial charge in [0.25, 0.3) is 5.89 Å². The Kier molecular flexibility index (Phi) is 5.01. The lowest BCUT2D eigenvalue weighted by Crippen LogP contribution is -2.11. The molecule has 0 fully saturated rings. The average Bonchev–Trinajstić information content (AvgIpc) is 3.06. The van der Waals surface area contributed by atoms with Gasteiger partial charge in [0.1, 0.15) is 5.82 Å². The molecule has 2 heterocycles. The summed E-state index contributed by atoms with van der Waals surface area (Å²) in [6.45, 7) is 5.62. The predicted molar refractivity (Wildman–Crippen MR) is 94.5 cm³/mol. The zero-order valence-electron chi connectivity index (χ0n) is 13.6. The van der Waals surface area contributed by atoms with Crippen molar-refractivity contribution in [2.45, 2.75) is 25.8 Å². The van der Waals surface area contributed by atoms with Crippen molar-refractivity contribution in [3.63, 3.8) is 0 Å². The molecule has 0 aliphatic carbocycles. The maximum atomic E-state index is 5.23. The first-order chi connectivity index (χ1) is 11.8. The van der Waals surface area contributed by atoms with Crippen molar-refractivity contribution >= 4 is 5.82 Å². The van der Waals surface area contributed by atoms with Crippen molar-refractivity contribution in [2.24, 2.45) is 0 Å². The van der Waals surface area contributed by atoms with Crippen molar-refractivity contribution in [1.82, 2.24) is 15.1 Å². The van der Waals surface area contributed by atoms with E-state index in [-0.39, 0.29) is 6.04 Å². The highest BCUT2D eigenvalue weighted by Crippen LogP contribution is 2.25. The topological polar surface area (TPSA) is 63.8 Å². The van der Waals surface area contributed by atoms with Gasteiger partial charge in [0.2, 0.25) is 0 Å². The van der Waals surface area contributed by atoms with Crippen LogP contribution in [0, 0.1) is 6.92 Å². The zero-order valence-corrected chi connectivity index (χ0v) is 13.6. The van der Waals surface area contributed by atoms with E-state index in [1.807, 2.05) is 36.4 Å². The Bertz CT molecular complexity index is 798. The van der Waals surface area contributed by atoms with E-state index < -0.39 is 0 Å². The zero-order chi connectivity index (χ0) is 16.8. The molecule has 0 aliphatic rings. The summed E-state index contributed by atoms with van der Waals surface area (Å²) in [4.78, 5) is 8.68. The molecule has 0 aliphatic heterocycles. The molecule has 0 bridgehead atoms. The number of aromatic nitrogens is 3. The highest BCUT2D eigenvalue weighted by molar-refractivity contribution is 5.58. The monoisotopic (exact) mass is 320 g/mol. The molecule has 122 valence electrons. The highest BCUT2D eigenvalue weighted by atomic mass is 16.5. The second kappa shape index (κ2) is 7.55. The van der Waals surface area contributed by atoms with E-state index >= 15 is 0 Å². The third kappa shape index (κ3) is 3.87. The molecule has 0 radical (unpaired) electrons. The molecule has 24 heavy (non-hydrogen) atoms. The molecular weight excluding hydrogens is 300 g/mol. The molecule has 2 aromatic heterocycles. The highest BCUT2D eigenvalue weighted by Gasteiger charge is 2.13. The van der Waals surface area contributed by atoms with Gasteiger partial charge in [-0.1, -0.05) is 41.6 Å². The molecule has 1 atom stereocenters.